The Morgan fingerprint density at radius 2 is 2.00 bits per heavy atom. The summed E-state index contributed by atoms with van der Waals surface area (Å²) in [6, 6.07) is 7.43. The van der Waals surface area contributed by atoms with E-state index in [0.29, 0.717) is 5.56 Å². The smallest absolute Gasteiger partial charge is 0.188 e. The van der Waals surface area contributed by atoms with Crippen LogP contribution < -0.4 is 0 Å². The minimum Gasteiger partial charge on any atom is -0.363 e. The molecule has 0 unspecified atom stereocenters. The highest BCUT2D eigenvalue weighted by Gasteiger charge is 2.03. The fraction of sp³-hybridized carbons (Fsp3) is 0.300. The molecule has 3 heteroatoms. The van der Waals surface area contributed by atoms with Crippen molar-refractivity contribution in [3.8, 4) is 0 Å². The molecule has 2 nitrogen and oxygen atoms in total. The Balaban J connectivity index is 2.61. The number of hydrogen-bond donors (Lipinski definition) is 1. The van der Waals surface area contributed by atoms with Crippen molar-refractivity contribution in [3.63, 3.8) is 0 Å². The molecule has 0 aromatic heterocycles. The first-order chi connectivity index (χ1) is 6.24. The number of rotatable bonds is 4. The average molecular weight is 196 g/mol. The third-order valence-corrected chi connectivity index (χ3v) is 1.88. The maximum atomic E-state index is 11.4. The van der Waals surface area contributed by atoms with Crippen molar-refractivity contribution in [1.29, 1.82) is 0 Å². The van der Waals surface area contributed by atoms with E-state index in [2.05, 4.69) is 12.6 Å². The summed E-state index contributed by atoms with van der Waals surface area (Å²) in [4.78, 5) is 11.4. The van der Waals surface area contributed by atoms with E-state index in [-0.39, 0.29) is 18.3 Å². The van der Waals surface area contributed by atoms with E-state index < -0.39 is 0 Å². The molecule has 0 aliphatic rings. The third-order valence-electron chi connectivity index (χ3n) is 1.70. The molecule has 0 saturated heterocycles. The zero-order valence-electron chi connectivity index (χ0n) is 7.49. The normalized spacial score (nSPS) is 10.0. The summed E-state index contributed by atoms with van der Waals surface area (Å²) in [7, 11) is 0. The maximum absolute atomic E-state index is 11.4. The summed E-state index contributed by atoms with van der Waals surface area (Å²) in [5.41, 5.74) is 1.83. The highest BCUT2D eigenvalue weighted by atomic mass is 32.1. The van der Waals surface area contributed by atoms with Crippen LogP contribution in [0.3, 0.4) is 0 Å². The van der Waals surface area contributed by atoms with Crippen LogP contribution in [-0.2, 0) is 4.74 Å². The van der Waals surface area contributed by atoms with Crippen molar-refractivity contribution in [2.75, 3.05) is 12.5 Å². The fourth-order valence-corrected chi connectivity index (χ4v) is 1.05. The summed E-state index contributed by atoms with van der Waals surface area (Å²) in [5, 5.41) is 0. The molecule has 0 saturated carbocycles. The van der Waals surface area contributed by atoms with Gasteiger partial charge in [0.25, 0.3) is 0 Å². The van der Waals surface area contributed by atoms with Crippen LogP contribution in [0.15, 0.2) is 24.3 Å². The van der Waals surface area contributed by atoms with Gasteiger partial charge in [-0.2, -0.15) is 12.6 Å². The van der Waals surface area contributed by atoms with Crippen LogP contribution in [0.4, 0.5) is 0 Å². The number of thiol groups is 1. The summed E-state index contributed by atoms with van der Waals surface area (Å²) < 4.78 is 4.89. The Hall–Kier alpha value is -0.800. The Kier molecular flexibility index (Phi) is 3.99. The Bertz CT molecular complexity index is 279. The van der Waals surface area contributed by atoms with E-state index >= 15 is 0 Å². The van der Waals surface area contributed by atoms with Crippen LogP contribution in [0, 0.1) is 6.92 Å². The molecule has 13 heavy (non-hydrogen) atoms. The summed E-state index contributed by atoms with van der Waals surface area (Å²) in [6.45, 7) is 2.09. The molecule has 1 aromatic rings. The number of ketones is 1. The average Bonchev–Trinajstić information content (AvgIpc) is 2.15. The van der Waals surface area contributed by atoms with E-state index in [1.54, 1.807) is 12.1 Å². The number of carbonyl (C=O) groups excluding carboxylic acids is 1. The quantitative estimate of drug-likeness (QED) is 0.453. The molecule has 0 N–H and O–H groups in total. The number of Topliss-reactive ketones (excluding diaryl/α,β-unsaturated/α-hetero) is 1. The van der Waals surface area contributed by atoms with E-state index in [0.717, 1.165) is 5.56 Å². The lowest BCUT2D eigenvalue weighted by Gasteiger charge is -2.00. The van der Waals surface area contributed by atoms with Gasteiger partial charge in [0, 0.05) is 5.56 Å². The van der Waals surface area contributed by atoms with Gasteiger partial charge in [0.05, 0.1) is 5.94 Å². The van der Waals surface area contributed by atoms with Crippen LogP contribution >= 0.6 is 12.6 Å². The molecule has 0 amide bonds. The van der Waals surface area contributed by atoms with Gasteiger partial charge in [-0.05, 0) is 6.92 Å². The lowest BCUT2D eigenvalue weighted by molar-refractivity contribution is 0.0833. The first-order valence-corrected chi connectivity index (χ1v) is 4.66. The standard InChI is InChI=1S/C10H12O2S/c1-8-2-4-9(5-3-8)10(11)6-12-7-13/h2-5,13H,6-7H2,1H3. The maximum Gasteiger partial charge on any atom is 0.188 e. The molecular weight excluding hydrogens is 184 g/mol. The van der Waals surface area contributed by atoms with Crippen molar-refractivity contribution >= 4 is 18.4 Å². The Morgan fingerprint density at radius 1 is 1.38 bits per heavy atom. The van der Waals surface area contributed by atoms with Crippen LogP contribution in [-0.4, -0.2) is 18.3 Å². The first kappa shape index (κ1) is 10.3. The van der Waals surface area contributed by atoms with Crippen LogP contribution in [0.5, 0.6) is 0 Å². The van der Waals surface area contributed by atoms with Gasteiger partial charge in [0.2, 0.25) is 0 Å². The molecule has 0 aliphatic carbocycles. The van der Waals surface area contributed by atoms with Gasteiger partial charge in [-0.25, -0.2) is 0 Å². The van der Waals surface area contributed by atoms with E-state index in [1.807, 2.05) is 19.1 Å². The predicted octanol–water partition coefficient (Wildman–Crippen LogP) is 2.08. The number of hydrogen-bond acceptors (Lipinski definition) is 3. The van der Waals surface area contributed by atoms with Crippen molar-refractivity contribution in [1.82, 2.24) is 0 Å². The Labute approximate surface area is 83.3 Å². The van der Waals surface area contributed by atoms with Crippen LogP contribution in [0.2, 0.25) is 0 Å². The molecule has 0 heterocycles. The van der Waals surface area contributed by atoms with E-state index in [1.165, 1.54) is 0 Å². The molecule has 0 bridgehead atoms. The number of ether oxygens (including phenoxy) is 1. The lowest BCUT2D eigenvalue weighted by Crippen LogP contribution is -2.08. The molecule has 0 fully saturated rings. The van der Waals surface area contributed by atoms with Crippen molar-refractivity contribution in [3.05, 3.63) is 35.4 Å². The summed E-state index contributed by atoms with van der Waals surface area (Å²) in [6.07, 6.45) is 0. The molecule has 1 rings (SSSR count). The van der Waals surface area contributed by atoms with Crippen molar-refractivity contribution in [2.45, 2.75) is 6.92 Å². The van der Waals surface area contributed by atoms with Gasteiger partial charge in [-0.1, -0.05) is 29.8 Å². The lowest BCUT2D eigenvalue weighted by atomic mass is 10.1. The third kappa shape index (κ3) is 3.20. The zero-order valence-corrected chi connectivity index (χ0v) is 8.38. The summed E-state index contributed by atoms with van der Waals surface area (Å²) in [5.74, 6) is 0.270. The van der Waals surface area contributed by atoms with Gasteiger partial charge >= 0.3 is 0 Å². The molecule has 0 aliphatic heterocycles. The number of aryl methyl sites for hydroxylation is 1. The van der Waals surface area contributed by atoms with Gasteiger partial charge in [-0.15, -0.1) is 0 Å². The monoisotopic (exact) mass is 196 g/mol. The van der Waals surface area contributed by atoms with Crippen molar-refractivity contribution in [2.24, 2.45) is 0 Å². The highest BCUT2D eigenvalue weighted by Crippen LogP contribution is 2.04. The van der Waals surface area contributed by atoms with E-state index in [4.69, 9.17) is 4.74 Å². The van der Waals surface area contributed by atoms with Crippen LogP contribution in [0.1, 0.15) is 15.9 Å². The van der Waals surface area contributed by atoms with Gasteiger partial charge in [-0.3, -0.25) is 4.79 Å². The highest BCUT2D eigenvalue weighted by molar-refractivity contribution is 7.80. The van der Waals surface area contributed by atoms with Gasteiger partial charge in [0.15, 0.2) is 5.78 Å². The second-order valence-electron chi connectivity index (χ2n) is 2.77. The Morgan fingerprint density at radius 3 is 2.54 bits per heavy atom. The predicted molar refractivity (Wildman–Crippen MR) is 55.3 cm³/mol. The minimum absolute atomic E-state index is 0.00551. The second kappa shape index (κ2) is 5.04. The minimum atomic E-state index is -0.00551. The van der Waals surface area contributed by atoms with Gasteiger partial charge < -0.3 is 4.74 Å². The fourth-order valence-electron chi connectivity index (χ4n) is 0.961. The van der Waals surface area contributed by atoms with Crippen molar-refractivity contribution < 1.29 is 9.53 Å². The summed E-state index contributed by atoms with van der Waals surface area (Å²) >= 11 is 3.85. The van der Waals surface area contributed by atoms with Crippen LogP contribution in [0.25, 0.3) is 0 Å². The number of carbonyl (C=O) groups is 1. The molecule has 0 spiro atoms. The molecule has 70 valence electrons. The molecule has 0 atom stereocenters. The number of benzene rings is 1. The second-order valence-corrected chi connectivity index (χ2v) is 3.02. The largest absolute Gasteiger partial charge is 0.363 e. The van der Waals surface area contributed by atoms with E-state index in [9.17, 15) is 4.79 Å². The molecule has 1 aromatic carbocycles. The SMILES string of the molecule is Cc1ccc(C(=O)COCS)cc1. The van der Waals surface area contributed by atoms with Gasteiger partial charge in [0.1, 0.15) is 6.61 Å². The molecule has 0 radical (unpaired) electrons. The first-order valence-electron chi connectivity index (χ1n) is 4.02. The topological polar surface area (TPSA) is 26.3 Å². The molecular formula is C10H12O2S. The zero-order chi connectivity index (χ0) is 9.68.